The average Bonchev–Trinajstić information content (AvgIpc) is 2.42. The first-order chi connectivity index (χ1) is 9.81. The normalized spacial score (nSPS) is 11.2. The maximum atomic E-state index is 12.6. The maximum Gasteiger partial charge on any atom is 0.416 e. The Balaban J connectivity index is 2.41. The van der Waals surface area contributed by atoms with Gasteiger partial charge in [0.1, 0.15) is 6.07 Å². The molecule has 0 bridgehead atoms. The number of alkyl halides is 3. The molecule has 0 saturated carbocycles. The predicted molar refractivity (Wildman–Crippen MR) is 76.7 cm³/mol. The number of rotatable bonds is 2. The van der Waals surface area contributed by atoms with Gasteiger partial charge in [-0.25, -0.2) is 0 Å². The highest BCUT2D eigenvalue weighted by Gasteiger charge is 2.31. The summed E-state index contributed by atoms with van der Waals surface area (Å²) in [7, 11) is 0. The molecule has 7 heteroatoms. The Morgan fingerprint density at radius 1 is 1.00 bits per heavy atom. The molecule has 1 nitrogen and oxygen atoms in total. The zero-order valence-corrected chi connectivity index (χ0v) is 12.5. The first-order valence-electron chi connectivity index (χ1n) is 5.55. The standard InChI is InChI=1S/C14H6Cl2F3NS/c15-10-2-3-11(16)13(6-10)21-12-4-1-9(14(17,18)19)5-8(12)7-20/h1-6H. The highest BCUT2D eigenvalue weighted by atomic mass is 35.5. The van der Waals surface area contributed by atoms with E-state index in [9.17, 15) is 13.2 Å². The predicted octanol–water partition coefficient (Wildman–Crippen LogP) is 6.04. The van der Waals surface area contributed by atoms with Crippen molar-refractivity contribution in [3.8, 4) is 6.07 Å². The number of nitriles is 1. The summed E-state index contributed by atoms with van der Waals surface area (Å²) < 4.78 is 37.9. The molecule has 2 aromatic rings. The molecule has 0 aliphatic rings. The summed E-state index contributed by atoms with van der Waals surface area (Å²) in [6.07, 6.45) is -4.48. The van der Waals surface area contributed by atoms with E-state index in [-0.39, 0.29) is 5.56 Å². The number of nitrogens with zero attached hydrogens (tertiary/aromatic N) is 1. The third-order valence-electron chi connectivity index (χ3n) is 2.54. The molecule has 0 N–H and O–H groups in total. The lowest BCUT2D eigenvalue weighted by Crippen LogP contribution is -2.05. The van der Waals surface area contributed by atoms with Crippen LogP contribution in [0.4, 0.5) is 13.2 Å². The van der Waals surface area contributed by atoms with Crippen molar-refractivity contribution in [2.75, 3.05) is 0 Å². The Labute approximate surface area is 133 Å². The fraction of sp³-hybridized carbons (Fsp3) is 0.0714. The van der Waals surface area contributed by atoms with Crippen LogP contribution < -0.4 is 0 Å². The molecule has 0 atom stereocenters. The Bertz CT molecular complexity index is 723. The van der Waals surface area contributed by atoms with Crippen LogP contribution in [0.3, 0.4) is 0 Å². The Hall–Kier alpha value is -1.35. The van der Waals surface area contributed by atoms with Crippen molar-refractivity contribution in [3.05, 3.63) is 57.6 Å². The Morgan fingerprint density at radius 3 is 2.33 bits per heavy atom. The van der Waals surface area contributed by atoms with Gasteiger partial charge in [-0.2, -0.15) is 18.4 Å². The molecule has 0 aliphatic heterocycles. The molecule has 0 amide bonds. The highest BCUT2D eigenvalue weighted by Crippen LogP contribution is 2.38. The monoisotopic (exact) mass is 347 g/mol. The van der Waals surface area contributed by atoms with E-state index in [1.165, 1.54) is 6.07 Å². The van der Waals surface area contributed by atoms with Crippen LogP contribution in [0.25, 0.3) is 0 Å². The summed E-state index contributed by atoms with van der Waals surface area (Å²) in [6.45, 7) is 0. The minimum atomic E-state index is -4.48. The van der Waals surface area contributed by atoms with Gasteiger partial charge in [-0.1, -0.05) is 35.0 Å². The van der Waals surface area contributed by atoms with Crippen molar-refractivity contribution in [1.82, 2.24) is 0 Å². The molecular formula is C14H6Cl2F3NS. The molecule has 0 spiro atoms. The number of hydrogen-bond donors (Lipinski definition) is 0. The Morgan fingerprint density at radius 2 is 1.71 bits per heavy atom. The van der Waals surface area contributed by atoms with Crippen LogP contribution in [0.5, 0.6) is 0 Å². The summed E-state index contributed by atoms with van der Waals surface area (Å²) in [4.78, 5) is 0.954. The second-order valence-electron chi connectivity index (χ2n) is 4.00. The van der Waals surface area contributed by atoms with Gasteiger partial charge < -0.3 is 0 Å². The van der Waals surface area contributed by atoms with E-state index in [2.05, 4.69) is 0 Å². The smallest absolute Gasteiger partial charge is 0.192 e. The molecule has 2 aromatic carbocycles. The molecule has 0 heterocycles. The van der Waals surface area contributed by atoms with E-state index >= 15 is 0 Å². The van der Waals surface area contributed by atoms with Gasteiger partial charge in [0.2, 0.25) is 0 Å². The number of halogens is 5. The van der Waals surface area contributed by atoms with Crippen LogP contribution in [0, 0.1) is 11.3 Å². The van der Waals surface area contributed by atoms with E-state index in [0.717, 1.165) is 23.9 Å². The van der Waals surface area contributed by atoms with Crippen molar-refractivity contribution in [1.29, 1.82) is 5.26 Å². The molecule has 0 aromatic heterocycles. The van der Waals surface area contributed by atoms with E-state index in [0.29, 0.717) is 19.8 Å². The number of hydrogen-bond acceptors (Lipinski definition) is 2. The molecule has 0 fully saturated rings. The molecule has 0 radical (unpaired) electrons. The van der Waals surface area contributed by atoms with Gasteiger partial charge in [-0.15, -0.1) is 0 Å². The van der Waals surface area contributed by atoms with Crippen LogP contribution >= 0.6 is 35.0 Å². The topological polar surface area (TPSA) is 23.8 Å². The van der Waals surface area contributed by atoms with Gasteiger partial charge in [0.05, 0.1) is 16.1 Å². The molecular weight excluding hydrogens is 342 g/mol. The van der Waals surface area contributed by atoms with Crippen molar-refractivity contribution in [2.45, 2.75) is 16.0 Å². The lowest BCUT2D eigenvalue weighted by atomic mass is 10.1. The van der Waals surface area contributed by atoms with Gasteiger partial charge in [0.15, 0.2) is 0 Å². The summed E-state index contributed by atoms with van der Waals surface area (Å²) in [6, 6.07) is 9.55. The second kappa shape index (κ2) is 6.18. The van der Waals surface area contributed by atoms with Gasteiger partial charge in [0.25, 0.3) is 0 Å². The lowest BCUT2D eigenvalue weighted by molar-refractivity contribution is -0.137. The number of benzene rings is 2. The quantitative estimate of drug-likeness (QED) is 0.661. The van der Waals surface area contributed by atoms with Crippen LogP contribution in [0.1, 0.15) is 11.1 Å². The second-order valence-corrected chi connectivity index (χ2v) is 5.92. The van der Waals surface area contributed by atoms with Gasteiger partial charge >= 0.3 is 6.18 Å². The first kappa shape index (κ1) is 16.0. The fourth-order valence-electron chi connectivity index (χ4n) is 1.56. The summed E-state index contributed by atoms with van der Waals surface area (Å²) in [5, 5.41) is 9.88. The molecule has 2 rings (SSSR count). The van der Waals surface area contributed by atoms with Crippen molar-refractivity contribution in [2.24, 2.45) is 0 Å². The largest absolute Gasteiger partial charge is 0.416 e. The Kier molecular flexibility index (Phi) is 4.72. The van der Waals surface area contributed by atoms with Crippen LogP contribution in [0.15, 0.2) is 46.2 Å². The van der Waals surface area contributed by atoms with E-state index in [1.54, 1.807) is 24.3 Å². The molecule has 0 unspecified atom stereocenters. The van der Waals surface area contributed by atoms with E-state index < -0.39 is 11.7 Å². The molecule has 21 heavy (non-hydrogen) atoms. The molecule has 0 saturated heterocycles. The van der Waals surface area contributed by atoms with Gasteiger partial charge in [0, 0.05) is 14.8 Å². The zero-order chi connectivity index (χ0) is 15.6. The van der Waals surface area contributed by atoms with Gasteiger partial charge in [-0.3, -0.25) is 0 Å². The van der Waals surface area contributed by atoms with Crippen molar-refractivity contribution in [3.63, 3.8) is 0 Å². The third kappa shape index (κ3) is 3.85. The minimum Gasteiger partial charge on any atom is -0.192 e. The molecule has 0 aliphatic carbocycles. The SMILES string of the molecule is N#Cc1cc(C(F)(F)F)ccc1Sc1cc(Cl)ccc1Cl. The van der Waals surface area contributed by atoms with Gasteiger partial charge in [-0.05, 0) is 36.4 Å². The maximum absolute atomic E-state index is 12.6. The lowest BCUT2D eigenvalue weighted by Gasteiger charge is -2.10. The fourth-order valence-corrected chi connectivity index (χ4v) is 2.97. The summed E-state index contributed by atoms with van der Waals surface area (Å²) in [5.41, 5.74) is -0.925. The van der Waals surface area contributed by atoms with E-state index in [4.69, 9.17) is 28.5 Å². The van der Waals surface area contributed by atoms with Crippen molar-refractivity contribution < 1.29 is 13.2 Å². The van der Waals surface area contributed by atoms with Crippen molar-refractivity contribution >= 4 is 35.0 Å². The van der Waals surface area contributed by atoms with E-state index in [1.807, 2.05) is 0 Å². The minimum absolute atomic E-state index is 0.0640. The summed E-state index contributed by atoms with van der Waals surface area (Å²) in [5.74, 6) is 0. The van der Waals surface area contributed by atoms with Crippen LogP contribution in [-0.2, 0) is 6.18 Å². The average molecular weight is 348 g/mol. The first-order valence-corrected chi connectivity index (χ1v) is 7.13. The summed E-state index contributed by atoms with van der Waals surface area (Å²) >= 11 is 13.0. The van der Waals surface area contributed by atoms with Crippen LogP contribution in [-0.4, -0.2) is 0 Å². The third-order valence-corrected chi connectivity index (χ3v) is 4.35. The van der Waals surface area contributed by atoms with Crippen LogP contribution in [0.2, 0.25) is 10.0 Å². The zero-order valence-electron chi connectivity index (χ0n) is 10.2. The highest BCUT2D eigenvalue weighted by molar-refractivity contribution is 7.99. The molecule has 108 valence electrons.